The van der Waals surface area contributed by atoms with E-state index in [1.807, 2.05) is 24.3 Å². The third-order valence-corrected chi connectivity index (χ3v) is 9.78. The van der Waals surface area contributed by atoms with Gasteiger partial charge >= 0.3 is 0 Å². The van der Waals surface area contributed by atoms with E-state index >= 15 is 0 Å². The average molecular weight is 510 g/mol. The zero-order valence-electron chi connectivity index (χ0n) is 20.8. The first-order chi connectivity index (χ1) is 17.4. The number of hydrogen-bond acceptors (Lipinski definition) is 4. The summed E-state index contributed by atoms with van der Waals surface area (Å²) in [7, 11) is -3.59. The van der Waals surface area contributed by atoms with E-state index in [2.05, 4.69) is 0 Å². The van der Waals surface area contributed by atoms with Crippen molar-refractivity contribution in [3.63, 3.8) is 0 Å². The topological polar surface area (TPSA) is 78.0 Å². The highest BCUT2D eigenvalue weighted by atomic mass is 32.2. The third-order valence-electron chi connectivity index (χ3n) is 7.87. The van der Waals surface area contributed by atoms with Gasteiger partial charge in [0.2, 0.25) is 15.9 Å². The molecule has 2 aliphatic heterocycles. The van der Waals surface area contributed by atoms with Gasteiger partial charge in [0.15, 0.2) is 0 Å². The number of carbonyl (C=O) groups is 2. The summed E-state index contributed by atoms with van der Waals surface area (Å²) in [6.45, 7) is 1.97. The lowest BCUT2D eigenvalue weighted by Crippen LogP contribution is -2.50. The van der Waals surface area contributed by atoms with Crippen molar-refractivity contribution in [2.45, 2.75) is 62.2 Å². The van der Waals surface area contributed by atoms with Gasteiger partial charge in [0.25, 0.3) is 5.91 Å². The fraction of sp³-hybridized carbons (Fsp3) is 0.500. The molecule has 8 heteroatoms. The zero-order chi connectivity index (χ0) is 25.1. The summed E-state index contributed by atoms with van der Waals surface area (Å²) in [5.74, 6) is 0.557. The molecule has 5 rings (SSSR count). The number of piperidine rings is 1. The molecular weight excluding hydrogens is 474 g/mol. The van der Waals surface area contributed by atoms with Crippen molar-refractivity contribution in [2.75, 3.05) is 37.6 Å². The van der Waals surface area contributed by atoms with Gasteiger partial charge in [-0.1, -0.05) is 31.4 Å². The van der Waals surface area contributed by atoms with Crippen LogP contribution in [0.2, 0.25) is 0 Å². The first kappa shape index (κ1) is 25.0. The van der Waals surface area contributed by atoms with Crippen LogP contribution >= 0.6 is 0 Å². The van der Waals surface area contributed by atoms with Crippen LogP contribution in [-0.2, 0) is 14.8 Å². The van der Waals surface area contributed by atoms with Gasteiger partial charge in [-0.05, 0) is 73.6 Å². The first-order valence-corrected chi connectivity index (χ1v) is 14.7. The predicted octanol–water partition coefficient (Wildman–Crippen LogP) is 4.40. The highest BCUT2D eigenvalue weighted by Crippen LogP contribution is 2.33. The standard InChI is InChI=1S/C28H35N3O4S/c32-27-8-4-5-17-31(27)25-13-9-24(10-14-25)28(33)29-18-20-30(21-19-29)36(34,35)26-15-11-23(12-16-26)22-6-2-1-3-7-22/h9-16,22H,1-8,17-21H2. The van der Waals surface area contributed by atoms with Gasteiger partial charge in [-0.3, -0.25) is 9.59 Å². The lowest BCUT2D eigenvalue weighted by molar-refractivity contribution is -0.119. The van der Waals surface area contributed by atoms with Gasteiger partial charge in [-0.25, -0.2) is 8.42 Å². The molecule has 3 aliphatic rings. The van der Waals surface area contributed by atoms with E-state index in [1.54, 1.807) is 34.1 Å². The predicted molar refractivity (Wildman–Crippen MR) is 140 cm³/mol. The molecule has 0 atom stereocenters. The van der Waals surface area contributed by atoms with Crippen molar-refractivity contribution in [2.24, 2.45) is 0 Å². The van der Waals surface area contributed by atoms with Crippen molar-refractivity contribution < 1.29 is 18.0 Å². The molecule has 0 N–H and O–H groups in total. The molecule has 0 aromatic heterocycles. The molecule has 2 amide bonds. The monoisotopic (exact) mass is 509 g/mol. The van der Waals surface area contributed by atoms with Gasteiger partial charge in [0.1, 0.15) is 0 Å². The summed E-state index contributed by atoms with van der Waals surface area (Å²) in [4.78, 5) is 29.0. The molecule has 1 saturated carbocycles. The Bertz CT molecular complexity index is 1180. The second-order valence-electron chi connectivity index (χ2n) is 10.1. The highest BCUT2D eigenvalue weighted by Gasteiger charge is 2.31. The van der Waals surface area contributed by atoms with E-state index in [4.69, 9.17) is 0 Å². The first-order valence-electron chi connectivity index (χ1n) is 13.2. The SMILES string of the molecule is O=C(c1ccc(N2CCCCC2=O)cc1)N1CCN(S(=O)(=O)c2ccc(C3CCCCC3)cc2)CC1. The maximum atomic E-state index is 13.2. The van der Waals surface area contributed by atoms with Crippen molar-refractivity contribution in [1.29, 1.82) is 0 Å². The van der Waals surface area contributed by atoms with Crippen LogP contribution in [0.1, 0.15) is 73.2 Å². The molecule has 7 nitrogen and oxygen atoms in total. The number of nitrogens with zero attached hydrogens (tertiary/aromatic N) is 3. The Hall–Kier alpha value is -2.71. The number of benzene rings is 2. The number of sulfonamides is 1. The molecule has 0 radical (unpaired) electrons. The minimum atomic E-state index is -3.59. The second kappa shape index (κ2) is 10.7. The van der Waals surface area contributed by atoms with E-state index in [0.29, 0.717) is 42.4 Å². The summed E-state index contributed by atoms with van der Waals surface area (Å²) in [5.41, 5.74) is 2.61. The molecule has 0 spiro atoms. The summed E-state index contributed by atoms with van der Waals surface area (Å²) >= 11 is 0. The van der Waals surface area contributed by atoms with Gasteiger partial charge in [0, 0.05) is 50.4 Å². The molecule has 2 aromatic rings. The summed E-state index contributed by atoms with van der Waals surface area (Å²) in [6, 6.07) is 14.6. The lowest BCUT2D eigenvalue weighted by Gasteiger charge is -2.34. The maximum Gasteiger partial charge on any atom is 0.253 e. The Kier molecular flexibility index (Phi) is 7.44. The lowest BCUT2D eigenvalue weighted by atomic mass is 9.84. The largest absolute Gasteiger partial charge is 0.336 e. The molecule has 2 saturated heterocycles. The van der Waals surface area contributed by atoms with Crippen LogP contribution in [0.3, 0.4) is 0 Å². The fourth-order valence-electron chi connectivity index (χ4n) is 5.67. The average Bonchev–Trinajstić information content (AvgIpc) is 2.94. The highest BCUT2D eigenvalue weighted by molar-refractivity contribution is 7.89. The molecule has 192 valence electrons. The molecule has 0 unspecified atom stereocenters. The van der Waals surface area contributed by atoms with E-state index < -0.39 is 10.0 Å². The maximum absolute atomic E-state index is 13.2. The van der Waals surface area contributed by atoms with Crippen molar-refractivity contribution in [3.8, 4) is 0 Å². The van der Waals surface area contributed by atoms with Crippen LogP contribution in [0.5, 0.6) is 0 Å². The van der Waals surface area contributed by atoms with Crippen molar-refractivity contribution in [1.82, 2.24) is 9.21 Å². The van der Waals surface area contributed by atoms with Crippen LogP contribution < -0.4 is 4.90 Å². The fourth-order valence-corrected chi connectivity index (χ4v) is 7.10. The minimum absolute atomic E-state index is 0.111. The van der Waals surface area contributed by atoms with Gasteiger partial charge < -0.3 is 9.80 Å². The van der Waals surface area contributed by atoms with E-state index in [1.165, 1.54) is 42.0 Å². The number of amides is 2. The smallest absolute Gasteiger partial charge is 0.253 e. The number of piperazine rings is 1. The van der Waals surface area contributed by atoms with E-state index in [9.17, 15) is 18.0 Å². The molecular formula is C28H35N3O4S. The van der Waals surface area contributed by atoms with Crippen LogP contribution in [0.15, 0.2) is 53.4 Å². The Labute approximate surface area is 214 Å². The minimum Gasteiger partial charge on any atom is -0.336 e. The Morgan fingerprint density at radius 3 is 2.06 bits per heavy atom. The van der Waals surface area contributed by atoms with Gasteiger partial charge in [-0.15, -0.1) is 0 Å². The number of hydrogen-bond donors (Lipinski definition) is 0. The summed E-state index contributed by atoms with van der Waals surface area (Å²) in [5, 5.41) is 0. The van der Waals surface area contributed by atoms with Crippen molar-refractivity contribution in [3.05, 3.63) is 59.7 Å². The van der Waals surface area contributed by atoms with Crippen LogP contribution in [0.4, 0.5) is 5.69 Å². The molecule has 2 heterocycles. The van der Waals surface area contributed by atoms with Crippen molar-refractivity contribution >= 4 is 27.5 Å². The van der Waals surface area contributed by atoms with Gasteiger partial charge in [0.05, 0.1) is 4.90 Å². The molecule has 3 fully saturated rings. The van der Waals surface area contributed by atoms with Crippen LogP contribution in [0, 0.1) is 0 Å². The Morgan fingerprint density at radius 1 is 0.750 bits per heavy atom. The van der Waals surface area contributed by atoms with Crippen LogP contribution in [-0.4, -0.2) is 62.2 Å². The van der Waals surface area contributed by atoms with Crippen LogP contribution in [0.25, 0.3) is 0 Å². The normalized spacial score (nSPS) is 20.5. The number of carbonyl (C=O) groups excluding carboxylic acids is 2. The summed E-state index contributed by atoms with van der Waals surface area (Å²) in [6.07, 6.45) is 8.64. The molecule has 1 aliphatic carbocycles. The van der Waals surface area contributed by atoms with Gasteiger partial charge in [-0.2, -0.15) is 4.31 Å². The molecule has 36 heavy (non-hydrogen) atoms. The third kappa shape index (κ3) is 5.20. The quantitative estimate of drug-likeness (QED) is 0.599. The zero-order valence-corrected chi connectivity index (χ0v) is 21.6. The van der Waals surface area contributed by atoms with E-state index in [0.717, 1.165) is 18.5 Å². The van der Waals surface area contributed by atoms with E-state index in [-0.39, 0.29) is 24.9 Å². The summed E-state index contributed by atoms with van der Waals surface area (Å²) < 4.78 is 27.9. The second-order valence-corrected chi connectivity index (χ2v) is 12.1. The number of anilines is 1. The molecule has 2 aromatic carbocycles. The number of rotatable bonds is 5. The molecule has 0 bridgehead atoms. The Morgan fingerprint density at radius 2 is 1.42 bits per heavy atom. The Balaban J connectivity index is 1.19.